The Labute approximate surface area is 640 Å². The van der Waals surface area contributed by atoms with Gasteiger partial charge in [-0.05, 0) is 127 Å². The second-order valence-corrected chi connectivity index (χ2v) is 23.7. The lowest BCUT2D eigenvalue weighted by Crippen LogP contribution is -3.00. The number of aryl methyl sites for hydroxylation is 5. The lowest BCUT2D eigenvalue weighted by molar-refractivity contribution is -0.385. The molecule has 0 unspecified atom stereocenters. The number of nitro groups is 5. The summed E-state index contributed by atoms with van der Waals surface area (Å²) >= 11 is 5.85. The van der Waals surface area contributed by atoms with Gasteiger partial charge in [0.25, 0.3) is 34.3 Å². The van der Waals surface area contributed by atoms with Crippen molar-refractivity contribution in [1.82, 2.24) is 10.6 Å². The minimum absolute atomic E-state index is 0. The maximum atomic E-state index is 12.3. The number of nitrogens with two attached hydrogens (primary N) is 1. The van der Waals surface area contributed by atoms with E-state index in [1.165, 1.54) is 107 Å². The van der Waals surface area contributed by atoms with Crippen LogP contribution in [0.4, 0.5) is 56.9 Å². The topological polar surface area (TPSA) is 419 Å². The number of anilines is 4. The molecular weight excluding hydrogens is 1450 g/mol. The molecule has 10 aromatic rings. The van der Waals surface area contributed by atoms with E-state index in [0.717, 1.165) is 51.8 Å². The number of benzene rings is 10. The third-order valence-electron chi connectivity index (χ3n) is 14.0. The van der Waals surface area contributed by atoms with Gasteiger partial charge < -0.3 is 49.8 Å². The molecule has 0 fully saturated rings. The third-order valence-corrected chi connectivity index (χ3v) is 15.5. The van der Waals surface area contributed by atoms with Crippen molar-refractivity contribution in [3.05, 3.63) is 355 Å². The van der Waals surface area contributed by atoms with Crippen molar-refractivity contribution < 1.29 is 61.3 Å². The summed E-state index contributed by atoms with van der Waals surface area (Å²) in [5, 5.41) is 82.0. The van der Waals surface area contributed by atoms with E-state index < -0.39 is 30.6 Å². The zero-order chi connectivity index (χ0) is 78.5. The van der Waals surface area contributed by atoms with Crippen LogP contribution < -0.4 is 44.7 Å². The number of thiol groups is 1. The largest absolute Gasteiger partial charge is 1.00 e. The van der Waals surface area contributed by atoms with Crippen LogP contribution in [0, 0.1) is 90.6 Å². The molecule has 3 amide bonds. The molecule has 8 N–H and O–H groups in total. The second-order valence-electron chi connectivity index (χ2n) is 22.3. The van der Waals surface area contributed by atoms with E-state index in [-0.39, 0.29) is 83.6 Å². The average Bonchev–Trinajstić information content (AvgIpc) is 0.870. The van der Waals surface area contributed by atoms with Crippen molar-refractivity contribution in [3.63, 3.8) is 0 Å². The number of para-hydroxylation sites is 1. The fourth-order valence-corrected chi connectivity index (χ4v) is 9.37. The predicted octanol–water partition coefficient (Wildman–Crippen LogP) is 14.1. The van der Waals surface area contributed by atoms with Crippen LogP contribution in [0.1, 0.15) is 61.5 Å². The van der Waals surface area contributed by atoms with Crippen LogP contribution in [0.3, 0.4) is 0 Å². The standard InChI is InChI=1S/C18H22N2OS.C14H12N2O3.C11H16N2OS.C7H5NO4.C7H7NO2.C7H9N.C6H4N3O2.C6H5NO2.CH4.ClH/c1-14-8-10-16(11-9-14)20-18(21)17(19-2)13-22-12-15-6-4-3-5-7-15;1-10-2-6-12(7-3-10)15-14(17)11-4-8-13(9-5-11)16(18)19;1-8-3-5-9(6-4-8)13-11(14)10(7-15)12-2;9-7(10)5-1-3-6(4-2-5)8(11)12;1-6-2-4-7(5-3-6)8(9)10;1-6-2-4-7(8)5-3-6;7-8-5-1-3-6(4-2-5)9(10)11;8-7(9)6-4-2-1-3-5-6;;/h3-11,17,19H,12-13H2,1-2H3,(H,20,21);2-9H,1H3,(H,15,17);3-6,10,12,15H,7H2,1-2H3,(H,13,14);1-4H,(H,9,10);2-5H,1H3;2-5H,8H2,1H3;1-4H;1-5H;1H4;1H/q;;;;;;+1;;;/p-1/t17-;;10-;;;;;;;/m0.0......./s1. The Morgan fingerprint density at radius 1 is 0.444 bits per heavy atom. The predicted molar refractivity (Wildman–Crippen MR) is 425 cm³/mol. The van der Waals surface area contributed by atoms with Gasteiger partial charge in [-0.2, -0.15) is 24.4 Å². The van der Waals surface area contributed by atoms with Gasteiger partial charge in [0.05, 0.1) is 42.3 Å². The van der Waals surface area contributed by atoms with E-state index in [4.69, 9.17) is 16.2 Å². The van der Waals surface area contributed by atoms with Crippen LogP contribution in [-0.4, -0.2) is 91.1 Å². The first-order valence-corrected chi connectivity index (χ1v) is 33.6. The molecule has 2 atom stereocenters. The van der Waals surface area contributed by atoms with Crippen molar-refractivity contribution in [3.8, 4) is 0 Å². The minimum Gasteiger partial charge on any atom is -1.00 e. The number of amides is 3. The number of halogens is 1. The molecule has 0 saturated heterocycles. The number of carboxylic acids is 1. The van der Waals surface area contributed by atoms with E-state index in [1.807, 2.05) is 145 Å². The summed E-state index contributed by atoms with van der Waals surface area (Å²) < 4.78 is 0. The highest BCUT2D eigenvalue weighted by Gasteiger charge is 2.18. The van der Waals surface area contributed by atoms with Crippen LogP contribution in [-0.2, 0) is 15.3 Å². The molecule has 0 heterocycles. The quantitative estimate of drug-likeness (QED) is 0.0123. The van der Waals surface area contributed by atoms with Crippen LogP contribution in [0.2, 0.25) is 0 Å². The number of hydrogen-bond acceptors (Lipinski definition) is 20. The Balaban J connectivity index is 0.000000629. The second kappa shape index (κ2) is 51.4. The molecule has 10 aromatic carbocycles. The van der Waals surface area contributed by atoms with Gasteiger partial charge >= 0.3 is 11.7 Å². The molecule has 31 heteroatoms. The van der Waals surface area contributed by atoms with Gasteiger partial charge in [-0.15, -0.1) is 0 Å². The number of nitrogens with one attached hydrogen (secondary N) is 5. The minimum atomic E-state index is -1.09. The average molecular weight is 1530 g/mol. The number of diazo groups is 1. The van der Waals surface area contributed by atoms with E-state index in [1.54, 1.807) is 61.3 Å². The highest BCUT2D eigenvalue weighted by atomic mass is 35.5. The van der Waals surface area contributed by atoms with Gasteiger partial charge in [0.2, 0.25) is 17.2 Å². The summed E-state index contributed by atoms with van der Waals surface area (Å²) in [4.78, 5) is 97.5. The molecule has 28 nitrogen and oxygen atoms in total. The van der Waals surface area contributed by atoms with E-state index in [9.17, 15) is 69.7 Å². The lowest BCUT2D eigenvalue weighted by Gasteiger charge is -2.16. The number of nitrogens with zero attached hydrogens (tertiary/aromatic N) is 7. The first kappa shape index (κ1) is 93.2. The normalized spacial score (nSPS) is 10.1. The number of non-ortho nitro benzene ring substituents is 5. The number of likely N-dealkylation sites (N-methyl/N-ethyl adjacent to an activating group) is 2. The van der Waals surface area contributed by atoms with Crippen molar-refractivity contribution in [1.29, 1.82) is 5.39 Å². The zero-order valence-electron chi connectivity index (χ0n) is 59.1. The Morgan fingerprint density at radius 3 is 1.06 bits per heavy atom. The van der Waals surface area contributed by atoms with Crippen LogP contribution in [0.25, 0.3) is 4.98 Å². The summed E-state index contributed by atoms with van der Waals surface area (Å²) in [6, 6.07) is 70.4. The molecule has 0 spiro atoms. The zero-order valence-corrected chi connectivity index (χ0v) is 61.6. The van der Waals surface area contributed by atoms with Gasteiger partial charge in [-0.25, -0.2) is 4.79 Å². The maximum Gasteiger partial charge on any atom is 0.385 e. The highest BCUT2D eigenvalue weighted by Crippen LogP contribution is 2.20. The summed E-state index contributed by atoms with van der Waals surface area (Å²) in [5.41, 5.74) is 16.5. The number of carboxylic acid groups (broad SMARTS) is 1. The Kier molecular flexibility index (Phi) is 44.4. The Morgan fingerprint density at radius 2 is 0.741 bits per heavy atom. The van der Waals surface area contributed by atoms with Crippen molar-refractivity contribution in [2.45, 2.75) is 59.9 Å². The lowest BCUT2D eigenvalue weighted by atomic mass is 10.2. The fourth-order valence-electron chi connectivity index (χ4n) is 7.92. The van der Waals surface area contributed by atoms with E-state index >= 15 is 0 Å². The van der Waals surface area contributed by atoms with Gasteiger partial charge in [0.15, 0.2) is 4.98 Å². The molecule has 10 rings (SSSR count). The van der Waals surface area contributed by atoms with Crippen LogP contribution in [0.5, 0.6) is 0 Å². The number of aromatic carboxylic acids is 1. The number of rotatable bonds is 19. The molecule has 0 aliphatic carbocycles. The molecule has 0 saturated carbocycles. The third kappa shape index (κ3) is 37.6. The molecule has 0 bridgehead atoms. The number of nitro benzene ring substituents is 5. The molecule has 0 aliphatic heterocycles. The van der Waals surface area contributed by atoms with Gasteiger partial charge in [0.1, 0.15) is 0 Å². The van der Waals surface area contributed by atoms with Crippen molar-refractivity contribution in [2.75, 3.05) is 47.3 Å². The summed E-state index contributed by atoms with van der Waals surface area (Å²) in [6.45, 7) is 9.93. The smallest absolute Gasteiger partial charge is 0.385 e. The van der Waals surface area contributed by atoms with Crippen LogP contribution >= 0.6 is 24.4 Å². The maximum absolute atomic E-state index is 12.3. The first-order chi connectivity index (χ1) is 50.5. The van der Waals surface area contributed by atoms with Gasteiger partial charge in [-0.1, -0.05) is 144 Å². The highest BCUT2D eigenvalue weighted by molar-refractivity contribution is 7.98. The Hall–Kier alpha value is -12.8. The number of thioether (sulfide) groups is 1. The van der Waals surface area contributed by atoms with Crippen molar-refractivity contribution in [2.24, 2.45) is 0 Å². The Bertz CT molecular complexity index is 4390. The molecule has 566 valence electrons. The molecule has 0 aromatic heterocycles. The number of carbonyl (C=O) groups excluding carboxylic acids is 3. The molecule has 108 heavy (non-hydrogen) atoms. The molecule has 0 radical (unpaired) electrons. The first-order valence-electron chi connectivity index (χ1n) is 31.8. The monoisotopic (exact) mass is 1530 g/mol. The van der Waals surface area contributed by atoms with E-state index in [2.05, 4.69) is 56.3 Å². The summed E-state index contributed by atoms with van der Waals surface area (Å²) in [5.74, 6) is 0.695. The summed E-state index contributed by atoms with van der Waals surface area (Å²) in [7, 11) is 3.57. The fraction of sp³-hybridized carbons (Fsp3) is 0.169. The van der Waals surface area contributed by atoms with Gasteiger partial charge in [0, 0.05) is 118 Å². The number of nitrogen functional groups attached to an aromatic ring is 1. The van der Waals surface area contributed by atoms with E-state index in [0.29, 0.717) is 22.7 Å². The van der Waals surface area contributed by atoms with Crippen LogP contribution in [0.15, 0.2) is 255 Å². The summed E-state index contributed by atoms with van der Waals surface area (Å²) in [6.07, 6.45) is 0. The SMILES string of the molecule is C.CN[C@@H](CS)C(=O)Nc1ccc(C)cc1.CN[C@@H](CSCc1ccccc1)C(=O)Nc1ccc(C)cc1.Cc1ccc(N)cc1.Cc1ccc(NC(=O)c2ccc([N+](=O)[O-])cc2)cc1.Cc1ccc([N+](=O)[O-])cc1.N#[N+]c1ccc([N+](=O)[O-])cc1.O=C(O)c1ccc([N+](=O)[O-])cc1.O=[N+]([O-])c1ccccc1.[Cl-]. The molecular formula is C77H84ClN13O15S2. The number of carbonyl (C=O) groups is 4. The van der Waals surface area contributed by atoms with Gasteiger partial charge in [-0.3, -0.25) is 65.0 Å². The number of hydrogen-bond donors (Lipinski definition) is 8. The molecule has 0 aliphatic rings. The van der Waals surface area contributed by atoms with Crippen molar-refractivity contribution >= 4 is 105 Å².